The molecule has 0 fully saturated rings. The summed E-state index contributed by atoms with van der Waals surface area (Å²) >= 11 is 1.71. The second-order valence-electron chi connectivity index (χ2n) is 4.41. The van der Waals surface area contributed by atoms with E-state index in [4.69, 9.17) is 4.74 Å². The van der Waals surface area contributed by atoms with Crippen molar-refractivity contribution >= 4 is 23.4 Å². The average Bonchev–Trinajstić information content (AvgIpc) is 2.90. The van der Waals surface area contributed by atoms with Crippen molar-refractivity contribution in [1.82, 2.24) is 9.97 Å². The number of rotatable bonds is 4. The summed E-state index contributed by atoms with van der Waals surface area (Å²) in [4.78, 5) is 19.1. The summed E-state index contributed by atoms with van der Waals surface area (Å²) in [6, 6.07) is 7.56. The number of ether oxygens (including phenoxy) is 1. The number of hydrogen-bond donors (Lipinski definition) is 2. The van der Waals surface area contributed by atoms with E-state index in [2.05, 4.69) is 15.3 Å². The molecule has 2 heterocycles. The molecule has 0 spiro atoms. The Hall–Kier alpha value is -1.95. The van der Waals surface area contributed by atoms with Gasteiger partial charge in [0.25, 0.3) is 5.56 Å². The summed E-state index contributed by atoms with van der Waals surface area (Å²) in [6.07, 6.45) is 0. The van der Waals surface area contributed by atoms with Crippen molar-refractivity contribution in [2.75, 3.05) is 11.9 Å². The van der Waals surface area contributed by atoms with E-state index >= 15 is 0 Å². The van der Waals surface area contributed by atoms with Gasteiger partial charge in [0, 0.05) is 22.8 Å². The Labute approximate surface area is 120 Å². The van der Waals surface area contributed by atoms with E-state index in [1.54, 1.807) is 11.8 Å². The summed E-state index contributed by atoms with van der Waals surface area (Å²) < 4.78 is 5.39. The van der Waals surface area contributed by atoms with Gasteiger partial charge >= 0.3 is 0 Å². The third kappa shape index (κ3) is 2.65. The Morgan fingerprint density at radius 2 is 2.15 bits per heavy atom. The Morgan fingerprint density at radius 1 is 1.35 bits per heavy atom. The van der Waals surface area contributed by atoms with Gasteiger partial charge in [-0.05, 0) is 31.2 Å². The molecule has 2 aromatic rings. The van der Waals surface area contributed by atoms with Gasteiger partial charge in [-0.1, -0.05) is 0 Å². The zero-order chi connectivity index (χ0) is 13.9. The number of H-pyrrole nitrogens is 1. The maximum absolute atomic E-state index is 11.9. The predicted molar refractivity (Wildman–Crippen MR) is 80.8 cm³/mol. The van der Waals surface area contributed by atoms with Crippen LogP contribution in [-0.4, -0.2) is 16.6 Å². The summed E-state index contributed by atoms with van der Waals surface area (Å²) in [6.45, 7) is 2.59. The number of aromatic nitrogens is 2. The van der Waals surface area contributed by atoms with Crippen LogP contribution in [0.3, 0.4) is 0 Å². The van der Waals surface area contributed by atoms with Gasteiger partial charge in [0.05, 0.1) is 12.3 Å². The topological polar surface area (TPSA) is 67.0 Å². The molecule has 0 amide bonds. The zero-order valence-electron chi connectivity index (χ0n) is 11.1. The molecule has 3 rings (SSSR count). The first kappa shape index (κ1) is 13.1. The molecule has 5 nitrogen and oxygen atoms in total. The SMILES string of the molecule is CCOc1ccc(Nc2nc3c(c(=O)[nH]2)CSC3)cc1. The normalized spacial score (nSPS) is 13.1. The van der Waals surface area contributed by atoms with E-state index in [0.717, 1.165) is 34.2 Å². The molecule has 104 valence electrons. The van der Waals surface area contributed by atoms with E-state index < -0.39 is 0 Å². The van der Waals surface area contributed by atoms with Gasteiger partial charge in [-0.25, -0.2) is 4.98 Å². The van der Waals surface area contributed by atoms with Gasteiger partial charge in [0.2, 0.25) is 5.95 Å². The second kappa shape index (κ2) is 5.58. The highest BCUT2D eigenvalue weighted by molar-refractivity contribution is 7.98. The third-order valence-electron chi connectivity index (χ3n) is 3.01. The molecule has 0 radical (unpaired) electrons. The first-order valence-corrected chi connectivity index (χ1v) is 7.61. The minimum absolute atomic E-state index is 0.0477. The van der Waals surface area contributed by atoms with E-state index in [1.165, 1.54) is 0 Å². The number of hydrogen-bond acceptors (Lipinski definition) is 5. The van der Waals surface area contributed by atoms with E-state index in [1.807, 2.05) is 31.2 Å². The Kier molecular flexibility index (Phi) is 3.64. The molecule has 1 aliphatic rings. The number of nitrogens with one attached hydrogen (secondary N) is 2. The lowest BCUT2D eigenvalue weighted by Gasteiger charge is -2.08. The quantitative estimate of drug-likeness (QED) is 0.905. The molecule has 0 bridgehead atoms. The number of anilines is 2. The molecule has 6 heteroatoms. The van der Waals surface area contributed by atoms with Crippen LogP contribution in [0.15, 0.2) is 29.1 Å². The Bertz CT molecular complexity index is 667. The van der Waals surface area contributed by atoms with Crippen molar-refractivity contribution in [3.8, 4) is 5.75 Å². The van der Waals surface area contributed by atoms with Crippen LogP contribution in [0.2, 0.25) is 0 Å². The standard InChI is InChI=1S/C14H15N3O2S/c1-2-19-10-5-3-9(4-6-10)15-14-16-12-8-20-7-11(12)13(18)17-14/h3-6H,2,7-8H2,1H3,(H2,15,16,17,18). The minimum atomic E-state index is -0.0477. The number of fused-ring (bicyclic) bond motifs is 1. The largest absolute Gasteiger partial charge is 0.494 e. The van der Waals surface area contributed by atoms with E-state index in [9.17, 15) is 4.79 Å². The van der Waals surface area contributed by atoms with E-state index in [0.29, 0.717) is 12.6 Å². The zero-order valence-corrected chi connectivity index (χ0v) is 11.9. The van der Waals surface area contributed by atoms with Gasteiger partial charge in [0.1, 0.15) is 5.75 Å². The molecule has 2 N–H and O–H groups in total. The van der Waals surface area contributed by atoms with Crippen LogP contribution in [0.5, 0.6) is 5.75 Å². The molecule has 0 atom stereocenters. The summed E-state index contributed by atoms with van der Waals surface area (Å²) in [7, 11) is 0. The van der Waals surface area contributed by atoms with Crippen molar-refractivity contribution in [3.63, 3.8) is 0 Å². The van der Waals surface area contributed by atoms with Crippen molar-refractivity contribution in [3.05, 3.63) is 45.9 Å². The summed E-state index contributed by atoms with van der Waals surface area (Å²) in [5.41, 5.74) is 2.50. The van der Waals surface area contributed by atoms with Crippen LogP contribution in [0, 0.1) is 0 Å². The lowest BCUT2D eigenvalue weighted by atomic mass is 10.3. The van der Waals surface area contributed by atoms with Gasteiger partial charge in [0.15, 0.2) is 0 Å². The second-order valence-corrected chi connectivity index (χ2v) is 5.40. The first-order valence-electron chi connectivity index (χ1n) is 6.46. The van der Waals surface area contributed by atoms with Crippen LogP contribution < -0.4 is 15.6 Å². The number of thioether (sulfide) groups is 1. The number of nitrogens with zero attached hydrogens (tertiary/aromatic N) is 1. The van der Waals surface area contributed by atoms with Crippen LogP contribution in [-0.2, 0) is 11.5 Å². The van der Waals surface area contributed by atoms with Crippen LogP contribution in [0.1, 0.15) is 18.2 Å². The van der Waals surface area contributed by atoms with Gasteiger partial charge in [-0.15, -0.1) is 0 Å². The van der Waals surface area contributed by atoms with Crippen LogP contribution >= 0.6 is 11.8 Å². The third-order valence-corrected chi connectivity index (χ3v) is 3.98. The predicted octanol–water partition coefficient (Wildman–Crippen LogP) is 2.66. The maximum Gasteiger partial charge on any atom is 0.256 e. The van der Waals surface area contributed by atoms with Crippen LogP contribution in [0.4, 0.5) is 11.6 Å². The fraction of sp³-hybridized carbons (Fsp3) is 0.286. The molecule has 0 saturated carbocycles. The lowest BCUT2D eigenvalue weighted by Crippen LogP contribution is -2.16. The molecule has 0 unspecified atom stereocenters. The highest BCUT2D eigenvalue weighted by Crippen LogP contribution is 2.26. The summed E-state index contributed by atoms with van der Waals surface area (Å²) in [5, 5.41) is 3.11. The Balaban J connectivity index is 1.81. The molecular weight excluding hydrogens is 274 g/mol. The highest BCUT2D eigenvalue weighted by atomic mass is 32.2. The van der Waals surface area contributed by atoms with Crippen molar-refractivity contribution < 1.29 is 4.74 Å². The molecule has 20 heavy (non-hydrogen) atoms. The molecule has 1 aromatic heterocycles. The van der Waals surface area contributed by atoms with Gasteiger partial charge in [-0.2, -0.15) is 11.8 Å². The van der Waals surface area contributed by atoms with E-state index in [-0.39, 0.29) is 5.56 Å². The molecule has 0 aliphatic carbocycles. The first-order chi connectivity index (χ1) is 9.76. The highest BCUT2D eigenvalue weighted by Gasteiger charge is 2.17. The molecule has 0 saturated heterocycles. The maximum atomic E-state index is 11.9. The monoisotopic (exact) mass is 289 g/mol. The van der Waals surface area contributed by atoms with Crippen LogP contribution in [0.25, 0.3) is 0 Å². The fourth-order valence-corrected chi connectivity index (χ4v) is 3.10. The van der Waals surface area contributed by atoms with Crippen molar-refractivity contribution in [2.24, 2.45) is 0 Å². The molecule has 1 aromatic carbocycles. The molecule has 1 aliphatic heterocycles. The van der Waals surface area contributed by atoms with Gasteiger partial charge < -0.3 is 10.1 Å². The number of aromatic amines is 1. The smallest absolute Gasteiger partial charge is 0.256 e. The van der Waals surface area contributed by atoms with Crippen molar-refractivity contribution in [2.45, 2.75) is 18.4 Å². The fourth-order valence-electron chi connectivity index (χ4n) is 2.06. The van der Waals surface area contributed by atoms with Crippen molar-refractivity contribution in [1.29, 1.82) is 0 Å². The Morgan fingerprint density at radius 3 is 2.90 bits per heavy atom. The lowest BCUT2D eigenvalue weighted by molar-refractivity contribution is 0.340. The molecular formula is C14H15N3O2S. The minimum Gasteiger partial charge on any atom is -0.494 e. The summed E-state index contributed by atoms with van der Waals surface area (Å²) in [5.74, 6) is 2.86. The number of benzene rings is 1. The average molecular weight is 289 g/mol. The van der Waals surface area contributed by atoms with Gasteiger partial charge in [-0.3, -0.25) is 9.78 Å².